The largest absolute Gasteiger partial charge is 0.336 e. The van der Waals surface area contributed by atoms with Crippen molar-refractivity contribution in [1.82, 2.24) is 19.9 Å². The summed E-state index contributed by atoms with van der Waals surface area (Å²) in [4.78, 5) is 9.41. The van der Waals surface area contributed by atoms with E-state index in [9.17, 15) is 0 Å². The van der Waals surface area contributed by atoms with Crippen molar-refractivity contribution in [3.05, 3.63) is 5.82 Å². The van der Waals surface area contributed by atoms with Crippen molar-refractivity contribution in [3.8, 4) is 0 Å². The second-order valence-electron chi connectivity index (χ2n) is 5.48. The number of fused-ring (bicyclic) bond motifs is 3. The van der Waals surface area contributed by atoms with Crippen LogP contribution in [-0.2, 0) is 0 Å². The van der Waals surface area contributed by atoms with Crippen LogP contribution in [0.2, 0.25) is 0 Å². The molecule has 0 aliphatic carbocycles. The molecule has 18 heavy (non-hydrogen) atoms. The van der Waals surface area contributed by atoms with Crippen LogP contribution in [0, 0.1) is 0 Å². The molecule has 6 nitrogen and oxygen atoms in total. The first kappa shape index (κ1) is 11.9. The van der Waals surface area contributed by atoms with Gasteiger partial charge >= 0.3 is 6.01 Å². The lowest BCUT2D eigenvalue weighted by Crippen LogP contribution is -2.62. The molecule has 100 valence electrons. The van der Waals surface area contributed by atoms with E-state index in [1.165, 1.54) is 26.2 Å². The SMILES string of the molecule is CC(C)c1noc(NCC2CN3CCN2CC3)n1. The first-order valence-electron chi connectivity index (χ1n) is 6.76. The third-order valence-corrected chi connectivity index (χ3v) is 3.84. The molecule has 3 aliphatic heterocycles. The minimum absolute atomic E-state index is 0.310. The maximum Gasteiger partial charge on any atom is 0.321 e. The van der Waals surface area contributed by atoms with E-state index < -0.39 is 0 Å². The first-order chi connectivity index (χ1) is 8.72. The molecule has 1 atom stereocenters. The monoisotopic (exact) mass is 251 g/mol. The van der Waals surface area contributed by atoms with E-state index in [0.717, 1.165) is 18.9 Å². The lowest BCUT2D eigenvalue weighted by atomic mass is 10.1. The van der Waals surface area contributed by atoms with Crippen LogP contribution in [-0.4, -0.2) is 65.3 Å². The summed E-state index contributed by atoms with van der Waals surface area (Å²) in [6.07, 6.45) is 0. The summed E-state index contributed by atoms with van der Waals surface area (Å²) in [6, 6.07) is 1.12. The molecule has 1 aromatic heterocycles. The van der Waals surface area contributed by atoms with Gasteiger partial charge in [-0.05, 0) is 0 Å². The molecule has 0 spiro atoms. The normalized spacial score (nSPS) is 30.9. The number of nitrogens with zero attached hydrogens (tertiary/aromatic N) is 4. The third-order valence-electron chi connectivity index (χ3n) is 3.84. The van der Waals surface area contributed by atoms with Gasteiger partial charge in [0.25, 0.3) is 0 Å². The molecule has 3 fully saturated rings. The molecule has 1 unspecified atom stereocenters. The van der Waals surface area contributed by atoms with E-state index in [1.807, 2.05) is 0 Å². The Balaban J connectivity index is 1.54. The van der Waals surface area contributed by atoms with Crippen LogP contribution < -0.4 is 5.32 Å². The fourth-order valence-corrected chi connectivity index (χ4v) is 2.66. The van der Waals surface area contributed by atoms with Gasteiger partial charge < -0.3 is 9.84 Å². The Labute approximate surface area is 107 Å². The van der Waals surface area contributed by atoms with Crippen molar-refractivity contribution >= 4 is 6.01 Å². The Kier molecular flexibility index (Phi) is 3.22. The van der Waals surface area contributed by atoms with Crippen molar-refractivity contribution in [2.24, 2.45) is 0 Å². The summed E-state index contributed by atoms with van der Waals surface area (Å²) in [6.45, 7) is 11.0. The van der Waals surface area contributed by atoms with Crippen molar-refractivity contribution in [2.75, 3.05) is 44.6 Å². The summed E-state index contributed by atoms with van der Waals surface area (Å²) < 4.78 is 5.19. The standard InChI is InChI=1S/C12H21N5O/c1-9(2)11-14-12(18-15-11)13-7-10-8-16-3-5-17(10)6-4-16/h9-10H,3-8H2,1-2H3,(H,13,14,15). The molecule has 0 amide bonds. The first-order valence-corrected chi connectivity index (χ1v) is 6.76. The van der Waals surface area contributed by atoms with Gasteiger partial charge in [-0.15, -0.1) is 0 Å². The third kappa shape index (κ3) is 2.35. The minimum atomic E-state index is 0.310. The number of hydrogen-bond donors (Lipinski definition) is 1. The van der Waals surface area contributed by atoms with Gasteiger partial charge in [-0.1, -0.05) is 19.0 Å². The quantitative estimate of drug-likeness (QED) is 0.846. The van der Waals surface area contributed by atoms with E-state index >= 15 is 0 Å². The highest BCUT2D eigenvalue weighted by Gasteiger charge is 2.31. The van der Waals surface area contributed by atoms with Crippen molar-refractivity contribution in [3.63, 3.8) is 0 Å². The van der Waals surface area contributed by atoms with Gasteiger partial charge in [0.1, 0.15) is 0 Å². The van der Waals surface area contributed by atoms with Crippen LogP contribution in [0.4, 0.5) is 6.01 Å². The van der Waals surface area contributed by atoms with Gasteiger partial charge in [0.2, 0.25) is 0 Å². The predicted octanol–water partition coefficient (Wildman–Crippen LogP) is 0.605. The van der Waals surface area contributed by atoms with Crippen molar-refractivity contribution in [1.29, 1.82) is 0 Å². The molecular weight excluding hydrogens is 230 g/mol. The zero-order valence-electron chi connectivity index (χ0n) is 11.1. The van der Waals surface area contributed by atoms with Crippen LogP contribution in [0.5, 0.6) is 0 Å². The summed E-state index contributed by atoms with van der Waals surface area (Å²) in [5.41, 5.74) is 0. The van der Waals surface area contributed by atoms with Crippen molar-refractivity contribution < 1.29 is 4.52 Å². The Bertz CT molecular complexity index is 397. The number of hydrogen-bond acceptors (Lipinski definition) is 6. The molecule has 2 bridgehead atoms. The molecule has 1 aromatic rings. The highest BCUT2D eigenvalue weighted by molar-refractivity contribution is 5.19. The molecule has 4 rings (SSSR count). The molecule has 4 heterocycles. The fraction of sp³-hybridized carbons (Fsp3) is 0.833. The summed E-state index contributed by atoms with van der Waals surface area (Å²) in [5.74, 6) is 1.08. The van der Waals surface area contributed by atoms with Crippen LogP contribution in [0.3, 0.4) is 0 Å². The predicted molar refractivity (Wildman–Crippen MR) is 68.7 cm³/mol. The number of anilines is 1. The molecule has 3 aliphatic rings. The fourth-order valence-electron chi connectivity index (χ4n) is 2.66. The van der Waals surface area contributed by atoms with Gasteiger partial charge in [0.15, 0.2) is 5.82 Å². The summed E-state index contributed by atoms with van der Waals surface area (Å²) in [5, 5.41) is 7.22. The molecule has 3 saturated heterocycles. The Morgan fingerprint density at radius 3 is 2.67 bits per heavy atom. The number of nitrogens with one attached hydrogen (secondary N) is 1. The van der Waals surface area contributed by atoms with Crippen LogP contribution in [0.1, 0.15) is 25.6 Å². The van der Waals surface area contributed by atoms with E-state index in [2.05, 4.69) is 39.1 Å². The number of piperazine rings is 3. The van der Waals surface area contributed by atoms with Crippen molar-refractivity contribution in [2.45, 2.75) is 25.8 Å². The van der Waals surface area contributed by atoms with E-state index in [-0.39, 0.29) is 0 Å². The zero-order valence-corrected chi connectivity index (χ0v) is 11.1. The highest BCUT2D eigenvalue weighted by Crippen LogP contribution is 2.17. The minimum Gasteiger partial charge on any atom is -0.336 e. The van der Waals surface area contributed by atoms with Crippen LogP contribution in [0.25, 0.3) is 0 Å². The van der Waals surface area contributed by atoms with Gasteiger partial charge in [0, 0.05) is 51.2 Å². The Morgan fingerprint density at radius 1 is 1.33 bits per heavy atom. The molecule has 0 saturated carbocycles. The van der Waals surface area contributed by atoms with Gasteiger partial charge in [0.05, 0.1) is 0 Å². The molecule has 0 aromatic carbocycles. The van der Waals surface area contributed by atoms with E-state index in [4.69, 9.17) is 4.52 Å². The van der Waals surface area contributed by atoms with Crippen LogP contribution in [0.15, 0.2) is 4.52 Å². The number of aromatic nitrogens is 2. The molecule has 1 N–H and O–H groups in total. The molecular formula is C12H21N5O. The second kappa shape index (κ2) is 4.85. The maximum absolute atomic E-state index is 5.19. The highest BCUT2D eigenvalue weighted by atomic mass is 16.5. The van der Waals surface area contributed by atoms with Gasteiger partial charge in [-0.2, -0.15) is 4.98 Å². The maximum atomic E-state index is 5.19. The molecule has 6 heteroatoms. The van der Waals surface area contributed by atoms with E-state index in [1.54, 1.807) is 0 Å². The Hall–Kier alpha value is -1.14. The summed E-state index contributed by atoms with van der Waals surface area (Å²) in [7, 11) is 0. The lowest BCUT2D eigenvalue weighted by molar-refractivity contribution is 0.0187. The van der Waals surface area contributed by atoms with E-state index in [0.29, 0.717) is 18.0 Å². The topological polar surface area (TPSA) is 57.4 Å². The Morgan fingerprint density at radius 2 is 2.11 bits per heavy atom. The van der Waals surface area contributed by atoms with Gasteiger partial charge in [-0.25, -0.2) is 0 Å². The summed E-state index contributed by atoms with van der Waals surface area (Å²) >= 11 is 0. The second-order valence-corrected chi connectivity index (χ2v) is 5.48. The van der Waals surface area contributed by atoms with Crippen LogP contribution >= 0.6 is 0 Å². The smallest absolute Gasteiger partial charge is 0.321 e. The average molecular weight is 251 g/mol. The lowest BCUT2D eigenvalue weighted by Gasteiger charge is -2.47. The average Bonchev–Trinajstić information content (AvgIpc) is 2.87. The van der Waals surface area contributed by atoms with Gasteiger partial charge in [-0.3, -0.25) is 9.80 Å². The number of rotatable bonds is 4. The molecule has 0 radical (unpaired) electrons. The zero-order chi connectivity index (χ0) is 12.5.